The number of fused-ring (bicyclic) bond motifs is 4. The zero-order chi connectivity index (χ0) is 24.3. The average Bonchev–Trinajstić information content (AvgIpc) is 2.81. The Balaban J connectivity index is 2.18. The maximum Gasteiger partial charge on any atom is 0.276 e. The lowest BCUT2D eigenvalue weighted by molar-refractivity contribution is -0.384. The van der Waals surface area contributed by atoms with E-state index in [2.05, 4.69) is 0 Å². The minimum atomic E-state index is -0.562. The number of nitrogens with zero attached hydrogens (tertiary/aromatic N) is 3. The van der Waals surface area contributed by atoms with E-state index in [1.165, 1.54) is 38.5 Å². The molecule has 0 aliphatic carbocycles. The maximum absolute atomic E-state index is 11.6. The van der Waals surface area contributed by atoms with E-state index < -0.39 is 9.85 Å². The first-order valence-electron chi connectivity index (χ1n) is 10.1. The normalized spacial score (nSPS) is 11.4. The fraction of sp³-hybridized carbons (Fsp3) is 0.174. The number of hydrogen-bond donors (Lipinski definition) is 0. The Morgan fingerprint density at radius 3 is 1.56 bits per heavy atom. The van der Waals surface area contributed by atoms with E-state index in [4.69, 9.17) is 18.3 Å². The molecule has 11 heteroatoms. The highest BCUT2D eigenvalue weighted by Gasteiger charge is 2.25. The Hall–Kier alpha value is -4.67. The van der Waals surface area contributed by atoms with E-state index in [9.17, 15) is 20.2 Å². The first-order valence-corrected chi connectivity index (χ1v) is 10.1. The Kier molecular flexibility index (Phi) is 4.64. The highest BCUT2D eigenvalue weighted by atomic mass is 16.6. The molecule has 0 aliphatic rings. The molecule has 11 nitrogen and oxygen atoms in total. The number of rotatable bonds is 4. The van der Waals surface area contributed by atoms with Gasteiger partial charge in [0.2, 0.25) is 5.36 Å². The molecule has 0 atom stereocenters. The molecule has 34 heavy (non-hydrogen) atoms. The molecule has 0 saturated carbocycles. The van der Waals surface area contributed by atoms with Crippen molar-refractivity contribution in [2.45, 2.75) is 0 Å². The molecule has 0 saturated heterocycles. The molecule has 2 heterocycles. The van der Waals surface area contributed by atoms with Gasteiger partial charge in [-0.2, -0.15) is 0 Å². The molecule has 0 bridgehead atoms. The van der Waals surface area contributed by atoms with Crippen LogP contribution in [0.5, 0.6) is 11.5 Å². The third kappa shape index (κ3) is 3.01. The van der Waals surface area contributed by atoms with Crippen LogP contribution in [0.25, 0.3) is 43.9 Å². The van der Waals surface area contributed by atoms with Crippen LogP contribution in [0, 0.1) is 20.2 Å². The standard InChI is InChI=1S/C23H18N3O8/c1-24(2)11-5-14(31-3)20-16(6-11)33-18-9-13(26(29)30)10-19-22(18)23(20)21-15(32-4)7-12(25(27)28)8-17(21)34-19/h5-10H,1-4H3/q+1. The molecule has 5 rings (SSSR count). The summed E-state index contributed by atoms with van der Waals surface area (Å²) >= 11 is 0. The van der Waals surface area contributed by atoms with E-state index in [1.807, 2.05) is 24.7 Å². The number of non-ortho nitro benzene ring substituents is 2. The number of nitro benzene ring substituents is 2. The van der Waals surface area contributed by atoms with Gasteiger partial charge in [-0.25, -0.2) is 4.58 Å². The molecule has 0 aliphatic heterocycles. The molecule has 172 valence electrons. The monoisotopic (exact) mass is 464 g/mol. The summed E-state index contributed by atoms with van der Waals surface area (Å²) in [5.74, 6) is 0.695. The highest BCUT2D eigenvalue weighted by Crippen LogP contribution is 2.46. The molecule has 2 aromatic heterocycles. The molecular weight excluding hydrogens is 446 g/mol. The number of benzene rings is 3. The van der Waals surface area contributed by atoms with E-state index in [1.54, 1.807) is 6.07 Å². The quantitative estimate of drug-likeness (QED) is 0.126. The van der Waals surface area contributed by atoms with Gasteiger partial charge in [0.05, 0.1) is 76.6 Å². The minimum Gasteiger partial charge on any atom is -0.496 e. The Morgan fingerprint density at radius 2 is 1.09 bits per heavy atom. The van der Waals surface area contributed by atoms with Crippen molar-refractivity contribution >= 4 is 55.3 Å². The smallest absolute Gasteiger partial charge is 0.276 e. The predicted octanol–water partition coefficient (Wildman–Crippen LogP) is 4.35. The minimum absolute atomic E-state index is 0.131. The fourth-order valence-corrected chi connectivity index (χ4v) is 4.19. The molecule has 3 aromatic carbocycles. The van der Waals surface area contributed by atoms with Gasteiger partial charge in [-0.1, -0.05) is 0 Å². The summed E-state index contributed by atoms with van der Waals surface area (Å²) in [5, 5.41) is 26.0. The van der Waals surface area contributed by atoms with E-state index >= 15 is 0 Å². The van der Waals surface area contributed by atoms with E-state index in [0.717, 1.165) is 5.36 Å². The molecule has 0 N–H and O–H groups in total. The zero-order valence-corrected chi connectivity index (χ0v) is 18.6. The van der Waals surface area contributed by atoms with Crippen LogP contribution < -0.4 is 19.4 Å². The molecule has 0 spiro atoms. The van der Waals surface area contributed by atoms with Crippen molar-refractivity contribution in [2.75, 3.05) is 28.3 Å². The van der Waals surface area contributed by atoms with Crippen LogP contribution in [0.2, 0.25) is 0 Å². The summed E-state index contributed by atoms with van der Waals surface area (Å²) in [7, 11) is 6.65. The van der Waals surface area contributed by atoms with Crippen molar-refractivity contribution in [2.24, 2.45) is 0 Å². The molecule has 0 fully saturated rings. The highest BCUT2D eigenvalue weighted by molar-refractivity contribution is 6.28. The average molecular weight is 464 g/mol. The third-order valence-electron chi connectivity index (χ3n) is 5.72. The Bertz CT molecular complexity index is 1760. The molecule has 0 radical (unpaired) electrons. The van der Waals surface area contributed by atoms with Crippen molar-refractivity contribution in [1.82, 2.24) is 4.58 Å². The summed E-state index contributed by atoms with van der Waals surface area (Å²) in [6.45, 7) is 0. The second kappa shape index (κ2) is 7.44. The van der Waals surface area contributed by atoms with Gasteiger partial charge in [0, 0.05) is 5.39 Å². The SMILES string of the molecule is COc1cc([N+](=O)[O-])cc2oc3cc([N+](=O)[O-])cc4oc5cc(=[N+](C)C)cc(OC)c5c(c12)c34. The van der Waals surface area contributed by atoms with Crippen LogP contribution in [0.3, 0.4) is 0 Å². The third-order valence-corrected chi connectivity index (χ3v) is 5.72. The van der Waals surface area contributed by atoms with Crippen molar-refractivity contribution in [1.29, 1.82) is 0 Å². The van der Waals surface area contributed by atoms with Gasteiger partial charge >= 0.3 is 0 Å². The molecule has 0 amide bonds. The van der Waals surface area contributed by atoms with Crippen LogP contribution in [0.15, 0.2) is 45.2 Å². The molecular formula is C23H18N3O8+. The summed E-state index contributed by atoms with van der Waals surface area (Å²) in [6.07, 6.45) is 0. The van der Waals surface area contributed by atoms with E-state index in [0.29, 0.717) is 32.9 Å². The van der Waals surface area contributed by atoms with Crippen molar-refractivity contribution in [3.63, 3.8) is 0 Å². The van der Waals surface area contributed by atoms with Gasteiger partial charge in [-0.15, -0.1) is 0 Å². The lowest BCUT2D eigenvalue weighted by Gasteiger charge is -2.15. The number of nitro groups is 2. The van der Waals surface area contributed by atoms with Crippen LogP contribution in [-0.2, 0) is 0 Å². The zero-order valence-electron chi connectivity index (χ0n) is 18.6. The largest absolute Gasteiger partial charge is 0.496 e. The van der Waals surface area contributed by atoms with Gasteiger partial charge in [0.1, 0.15) is 47.9 Å². The lowest BCUT2D eigenvalue weighted by atomic mass is 9.99. The van der Waals surface area contributed by atoms with Crippen molar-refractivity contribution < 1.29 is 28.2 Å². The van der Waals surface area contributed by atoms with E-state index in [-0.39, 0.29) is 33.9 Å². The maximum atomic E-state index is 11.6. The topological polar surface area (TPSA) is 134 Å². The van der Waals surface area contributed by atoms with Gasteiger partial charge in [-0.05, 0) is 0 Å². The summed E-state index contributed by atoms with van der Waals surface area (Å²) in [6, 6.07) is 8.78. The number of hydrogen-bond acceptors (Lipinski definition) is 8. The summed E-state index contributed by atoms with van der Waals surface area (Å²) in [5.41, 5.74) is 0.409. The van der Waals surface area contributed by atoms with Gasteiger partial charge in [0.15, 0.2) is 0 Å². The number of ether oxygens (including phenoxy) is 2. The Labute approximate surface area is 190 Å². The first kappa shape index (κ1) is 21.2. The molecule has 0 unspecified atom stereocenters. The molecule has 5 aromatic rings. The summed E-state index contributed by atoms with van der Waals surface area (Å²) < 4.78 is 25.2. The predicted molar refractivity (Wildman–Crippen MR) is 125 cm³/mol. The number of methoxy groups -OCH3 is 2. The Morgan fingerprint density at radius 1 is 0.647 bits per heavy atom. The van der Waals surface area contributed by atoms with Crippen molar-refractivity contribution in [3.8, 4) is 11.5 Å². The van der Waals surface area contributed by atoms with Gasteiger partial charge < -0.3 is 18.3 Å². The van der Waals surface area contributed by atoms with Crippen LogP contribution >= 0.6 is 0 Å². The van der Waals surface area contributed by atoms with Crippen molar-refractivity contribution in [3.05, 3.63) is 62.0 Å². The van der Waals surface area contributed by atoms with Crippen LogP contribution in [0.4, 0.5) is 11.4 Å². The van der Waals surface area contributed by atoms with Crippen LogP contribution in [-0.4, -0.2) is 38.2 Å². The van der Waals surface area contributed by atoms with Gasteiger partial charge in [0.25, 0.3) is 11.4 Å². The second-order valence-electron chi connectivity index (χ2n) is 7.85. The van der Waals surface area contributed by atoms with Gasteiger partial charge in [-0.3, -0.25) is 20.2 Å². The summed E-state index contributed by atoms with van der Waals surface area (Å²) in [4.78, 5) is 22.0. The first-order chi connectivity index (χ1) is 16.2. The lowest BCUT2D eigenvalue weighted by Crippen LogP contribution is -2.21. The fourth-order valence-electron chi connectivity index (χ4n) is 4.19. The van der Waals surface area contributed by atoms with Crippen LogP contribution in [0.1, 0.15) is 0 Å². The second-order valence-corrected chi connectivity index (χ2v) is 7.85.